The van der Waals surface area contributed by atoms with Gasteiger partial charge in [0.1, 0.15) is 12.2 Å². The van der Waals surface area contributed by atoms with Crippen LogP contribution in [0.25, 0.3) is 0 Å². The van der Waals surface area contributed by atoms with Crippen molar-refractivity contribution < 1.29 is 4.79 Å². The molecule has 1 amide bonds. The van der Waals surface area contributed by atoms with E-state index in [2.05, 4.69) is 20.5 Å². The fourth-order valence-electron chi connectivity index (χ4n) is 4.45. The first kappa shape index (κ1) is 10.5. The van der Waals surface area contributed by atoms with Gasteiger partial charge in [-0.1, -0.05) is 0 Å². The lowest BCUT2D eigenvalue weighted by molar-refractivity contribution is -0.123. The number of hydrogen-bond donors (Lipinski definition) is 2. The highest BCUT2D eigenvalue weighted by atomic mass is 16.2. The van der Waals surface area contributed by atoms with Crippen molar-refractivity contribution in [3.8, 4) is 0 Å². The second-order valence-electron chi connectivity index (χ2n) is 5.99. The molecular weight excluding hydrogens is 228 g/mol. The van der Waals surface area contributed by atoms with E-state index < -0.39 is 0 Å². The average molecular weight is 246 g/mol. The Kier molecular flexibility index (Phi) is 2.22. The quantitative estimate of drug-likeness (QED) is 0.823. The van der Waals surface area contributed by atoms with E-state index in [0.717, 1.165) is 35.9 Å². The minimum atomic E-state index is 0.279. The number of aromatic amines is 1. The number of carbonyl (C=O) groups is 1. The Morgan fingerprint density at radius 3 is 2.83 bits per heavy atom. The molecule has 0 spiro atoms. The molecule has 1 aromatic rings. The van der Waals surface area contributed by atoms with Crippen LogP contribution >= 0.6 is 0 Å². The van der Waals surface area contributed by atoms with Crippen molar-refractivity contribution in [1.29, 1.82) is 0 Å². The van der Waals surface area contributed by atoms with Crippen molar-refractivity contribution in [3.63, 3.8) is 0 Å². The lowest BCUT2D eigenvalue weighted by Gasteiger charge is -2.08. The second kappa shape index (κ2) is 3.80. The number of fused-ring (bicyclic) bond motifs is 5. The Morgan fingerprint density at radius 2 is 2.17 bits per heavy atom. The fraction of sp³-hybridized carbons (Fsp3) is 0.769. The molecular formula is C13H18N4O. The van der Waals surface area contributed by atoms with E-state index in [1.165, 1.54) is 25.6 Å². The SMILES string of the molecule is O=C(NCCc1ncn[nH]1)C1C2C3CCC(C3)C12. The minimum absolute atomic E-state index is 0.279. The Bertz CT molecular complexity index is 442. The van der Waals surface area contributed by atoms with Gasteiger partial charge in [0.05, 0.1) is 0 Å². The monoisotopic (exact) mass is 246 g/mol. The Balaban J connectivity index is 1.28. The second-order valence-corrected chi connectivity index (χ2v) is 5.99. The Hall–Kier alpha value is -1.39. The maximum Gasteiger partial charge on any atom is 0.223 e. The number of amides is 1. The molecule has 3 aliphatic carbocycles. The molecule has 96 valence electrons. The van der Waals surface area contributed by atoms with Crippen LogP contribution in [0.2, 0.25) is 0 Å². The zero-order chi connectivity index (χ0) is 12.1. The summed E-state index contributed by atoms with van der Waals surface area (Å²) in [6, 6.07) is 0. The van der Waals surface area contributed by atoms with Gasteiger partial charge in [0.2, 0.25) is 5.91 Å². The first-order valence-electron chi connectivity index (χ1n) is 6.96. The van der Waals surface area contributed by atoms with Crippen molar-refractivity contribution in [2.24, 2.45) is 29.6 Å². The summed E-state index contributed by atoms with van der Waals surface area (Å²) in [5, 5.41) is 9.65. The van der Waals surface area contributed by atoms with Gasteiger partial charge in [0.15, 0.2) is 0 Å². The van der Waals surface area contributed by atoms with E-state index >= 15 is 0 Å². The molecule has 3 aliphatic rings. The predicted octanol–water partition coefficient (Wildman–Crippen LogP) is 0.755. The van der Waals surface area contributed by atoms with Crippen LogP contribution in [-0.4, -0.2) is 27.6 Å². The summed E-state index contributed by atoms with van der Waals surface area (Å²) in [6.45, 7) is 0.666. The van der Waals surface area contributed by atoms with E-state index in [-0.39, 0.29) is 5.91 Å². The van der Waals surface area contributed by atoms with E-state index in [4.69, 9.17) is 0 Å². The summed E-state index contributed by atoms with van der Waals surface area (Å²) < 4.78 is 0. The zero-order valence-corrected chi connectivity index (χ0v) is 10.3. The number of carbonyl (C=O) groups excluding carboxylic acids is 1. The molecule has 1 heterocycles. The van der Waals surface area contributed by atoms with E-state index in [0.29, 0.717) is 12.5 Å². The van der Waals surface area contributed by atoms with Crippen LogP contribution < -0.4 is 5.32 Å². The molecule has 18 heavy (non-hydrogen) atoms. The van der Waals surface area contributed by atoms with Gasteiger partial charge in [-0.15, -0.1) is 0 Å². The van der Waals surface area contributed by atoms with Crippen LogP contribution in [0.15, 0.2) is 6.33 Å². The summed E-state index contributed by atoms with van der Waals surface area (Å²) in [5.41, 5.74) is 0. The molecule has 5 nitrogen and oxygen atoms in total. The van der Waals surface area contributed by atoms with Crippen LogP contribution in [0.3, 0.4) is 0 Å². The predicted molar refractivity (Wildman–Crippen MR) is 64.4 cm³/mol. The number of rotatable bonds is 4. The zero-order valence-electron chi connectivity index (χ0n) is 10.3. The van der Waals surface area contributed by atoms with Crippen LogP contribution in [0.1, 0.15) is 25.1 Å². The van der Waals surface area contributed by atoms with Gasteiger partial charge in [0, 0.05) is 18.9 Å². The van der Waals surface area contributed by atoms with E-state index in [1.807, 2.05) is 0 Å². The Labute approximate surface area is 106 Å². The van der Waals surface area contributed by atoms with Crippen molar-refractivity contribution in [2.75, 3.05) is 6.54 Å². The molecule has 4 atom stereocenters. The maximum atomic E-state index is 12.1. The lowest BCUT2D eigenvalue weighted by Crippen LogP contribution is -2.29. The Morgan fingerprint density at radius 1 is 1.39 bits per heavy atom. The lowest BCUT2D eigenvalue weighted by atomic mass is 10.0. The molecule has 0 radical (unpaired) electrons. The average Bonchev–Trinajstić information content (AvgIpc) is 2.80. The third-order valence-corrected chi connectivity index (χ3v) is 5.16. The van der Waals surface area contributed by atoms with Crippen LogP contribution in [0, 0.1) is 29.6 Å². The van der Waals surface area contributed by atoms with Crippen molar-refractivity contribution in [1.82, 2.24) is 20.5 Å². The van der Waals surface area contributed by atoms with Gasteiger partial charge in [-0.2, -0.15) is 5.10 Å². The molecule has 3 fully saturated rings. The van der Waals surface area contributed by atoms with Gasteiger partial charge < -0.3 is 5.32 Å². The largest absolute Gasteiger partial charge is 0.355 e. The molecule has 5 heteroatoms. The molecule has 0 aliphatic heterocycles. The molecule has 0 saturated heterocycles. The number of aromatic nitrogens is 3. The van der Waals surface area contributed by atoms with Gasteiger partial charge in [-0.05, 0) is 42.9 Å². The molecule has 3 saturated carbocycles. The smallest absolute Gasteiger partial charge is 0.223 e. The van der Waals surface area contributed by atoms with Crippen LogP contribution in [0.5, 0.6) is 0 Å². The van der Waals surface area contributed by atoms with Gasteiger partial charge >= 0.3 is 0 Å². The summed E-state index contributed by atoms with van der Waals surface area (Å²) in [6.07, 6.45) is 6.37. The summed E-state index contributed by atoms with van der Waals surface area (Å²) in [4.78, 5) is 16.2. The molecule has 0 aromatic carbocycles. The summed E-state index contributed by atoms with van der Waals surface area (Å²) in [7, 11) is 0. The molecule has 1 aromatic heterocycles. The first-order valence-corrected chi connectivity index (χ1v) is 6.96. The van der Waals surface area contributed by atoms with Crippen molar-refractivity contribution >= 4 is 5.91 Å². The summed E-state index contributed by atoms with van der Waals surface area (Å²) >= 11 is 0. The molecule has 4 unspecified atom stereocenters. The van der Waals surface area contributed by atoms with Crippen molar-refractivity contribution in [2.45, 2.75) is 25.7 Å². The van der Waals surface area contributed by atoms with Crippen molar-refractivity contribution in [3.05, 3.63) is 12.2 Å². The van der Waals surface area contributed by atoms with Crippen LogP contribution in [-0.2, 0) is 11.2 Å². The van der Waals surface area contributed by atoms with Crippen LogP contribution in [0.4, 0.5) is 0 Å². The first-order chi connectivity index (χ1) is 8.84. The van der Waals surface area contributed by atoms with Gasteiger partial charge in [0.25, 0.3) is 0 Å². The maximum absolute atomic E-state index is 12.1. The molecule has 2 N–H and O–H groups in total. The van der Waals surface area contributed by atoms with E-state index in [1.54, 1.807) is 0 Å². The highest BCUT2D eigenvalue weighted by Crippen LogP contribution is 2.69. The molecule has 4 rings (SSSR count). The third kappa shape index (κ3) is 1.49. The highest BCUT2D eigenvalue weighted by Gasteiger charge is 2.67. The van der Waals surface area contributed by atoms with Gasteiger partial charge in [-0.25, -0.2) is 4.98 Å². The number of nitrogens with zero attached hydrogens (tertiary/aromatic N) is 2. The highest BCUT2D eigenvalue weighted by molar-refractivity contribution is 5.82. The minimum Gasteiger partial charge on any atom is -0.355 e. The third-order valence-electron chi connectivity index (χ3n) is 5.16. The number of hydrogen-bond acceptors (Lipinski definition) is 3. The van der Waals surface area contributed by atoms with Gasteiger partial charge in [-0.3, -0.25) is 9.89 Å². The topological polar surface area (TPSA) is 70.7 Å². The molecule has 2 bridgehead atoms. The number of nitrogens with one attached hydrogen (secondary N) is 2. The number of H-pyrrole nitrogens is 1. The van der Waals surface area contributed by atoms with E-state index in [9.17, 15) is 4.79 Å². The standard InChI is InChI=1S/C13H18N4O/c18-13(14-4-3-9-15-6-16-17-9)12-10-7-1-2-8(5-7)11(10)12/h6-8,10-12H,1-5H2,(H,14,18)(H,15,16,17). The fourth-order valence-corrected chi connectivity index (χ4v) is 4.45. The normalized spacial score (nSPS) is 39.7. The summed E-state index contributed by atoms with van der Waals surface area (Å²) in [5.74, 6) is 4.65.